The lowest BCUT2D eigenvalue weighted by atomic mass is 9.97. The molecule has 3 aromatic rings. The molecule has 3 aromatic heterocycles. The van der Waals surface area contributed by atoms with E-state index in [1.807, 2.05) is 16.8 Å². The van der Waals surface area contributed by atoms with Gasteiger partial charge in [0.2, 0.25) is 0 Å². The smallest absolute Gasteiger partial charge is 0.151 e. The monoisotopic (exact) mass is 326 g/mol. The van der Waals surface area contributed by atoms with Crippen molar-refractivity contribution in [1.29, 1.82) is 0 Å². The SMILES string of the molecule is NCC1CCN(c2ncnc3c2ccn3-c2ccc(F)cn2)CC1. The number of hydrogen-bond donors (Lipinski definition) is 1. The molecule has 4 rings (SSSR count). The highest BCUT2D eigenvalue weighted by Gasteiger charge is 2.21. The Kier molecular flexibility index (Phi) is 3.86. The zero-order chi connectivity index (χ0) is 16.5. The van der Waals surface area contributed by atoms with Gasteiger partial charge in [-0.3, -0.25) is 4.57 Å². The number of nitrogens with zero attached hydrogens (tertiary/aromatic N) is 5. The summed E-state index contributed by atoms with van der Waals surface area (Å²) in [6.45, 7) is 2.65. The quantitative estimate of drug-likeness (QED) is 0.798. The Bertz CT molecular complexity index is 836. The molecule has 0 atom stereocenters. The van der Waals surface area contributed by atoms with Gasteiger partial charge in [-0.15, -0.1) is 0 Å². The van der Waals surface area contributed by atoms with Gasteiger partial charge in [0.1, 0.15) is 23.8 Å². The summed E-state index contributed by atoms with van der Waals surface area (Å²) in [6.07, 6.45) is 6.85. The molecule has 0 unspecified atom stereocenters. The second-order valence-corrected chi connectivity index (χ2v) is 6.12. The minimum Gasteiger partial charge on any atom is -0.356 e. The van der Waals surface area contributed by atoms with Gasteiger partial charge in [0.25, 0.3) is 0 Å². The molecular weight excluding hydrogens is 307 g/mol. The van der Waals surface area contributed by atoms with Gasteiger partial charge >= 0.3 is 0 Å². The Morgan fingerprint density at radius 3 is 2.67 bits per heavy atom. The Morgan fingerprint density at radius 2 is 1.96 bits per heavy atom. The molecule has 4 heterocycles. The molecule has 0 spiro atoms. The van der Waals surface area contributed by atoms with Gasteiger partial charge < -0.3 is 10.6 Å². The normalized spacial score (nSPS) is 16.0. The number of nitrogens with two attached hydrogens (primary N) is 1. The first-order valence-electron chi connectivity index (χ1n) is 8.15. The van der Waals surface area contributed by atoms with Crippen LogP contribution in [0.1, 0.15) is 12.8 Å². The minimum absolute atomic E-state index is 0.353. The van der Waals surface area contributed by atoms with Crippen LogP contribution >= 0.6 is 0 Å². The van der Waals surface area contributed by atoms with Crippen LogP contribution in [0.15, 0.2) is 36.9 Å². The van der Waals surface area contributed by atoms with Gasteiger partial charge in [0, 0.05) is 19.3 Å². The van der Waals surface area contributed by atoms with Crippen LogP contribution in [0.3, 0.4) is 0 Å². The molecule has 1 fully saturated rings. The van der Waals surface area contributed by atoms with Gasteiger partial charge in [-0.2, -0.15) is 0 Å². The van der Waals surface area contributed by atoms with Crippen LogP contribution in [0.5, 0.6) is 0 Å². The van der Waals surface area contributed by atoms with E-state index in [4.69, 9.17) is 5.73 Å². The van der Waals surface area contributed by atoms with Gasteiger partial charge in [0.15, 0.2) is 5.65 Å². The first-order valence-corrected chi connectivity index (χ1v) is 8.15. The summed E-state index contributed by atoms with van der Waals surface area (Å²) in [5.74, 6) is 1.83. The molecule has 0 bridgehead atoms. The fourth-order valence-electron chi connectivity index (χ4n) is 3.27. The summed E-state index contributed by atoms with van der Waals surface area (Å²) in [5.41, 5.74) is 6.55. The summed E-state index contributed by atoms with van der Waals surface area (Å²) >= 11 is 0. The van der Waals surface area contributed by atoms with E-state index in [0.29, 0.717) is 11.7 Å². The van der Waals surface area contributed by atoms with Gasteiger partial charge in [0.05, 0.1) is 11.6 Å². The van der Waals surface area contributed by atoms with Crippen molar-refractivity contribution in [3.63, 3.8) is 0 Å². The summed E-state index contributed by atoms with van der Waals surface area (Å²) in [7, 11) is 0. The third-order valence-corrected chi connectivity index (χ3v) is 4.67. The average molecular weight is 326 g/mol. The lowest BCUT2D eigenvalue weighted by Crippen LogP contribution is -2.36. The lowest BCUT2D eigenvalue weighted by molar-refractivity contribution is 0.413. The second-order valence-electron chi connectivity index (χ2n) is 6.12. The van der Waals surface area contributed by atoms with Crippen molar-refractivity contribution in [1.82, 2.24) is 19.5 Å². The Labute approximate surface area is 139 Å². The molecule has 24 heavy (non-hydrogen) atoms. The van der Waals surface area contributed by atoms with Crippen molar-refractivity contribution in [3.05, 3.63) is 42.7 Å². The number of pyridine rings is 1. The Morgan fingerprint density at radius 1 is 1.12 bits per heavy atom. The van der Waals surface area contributed by atoms with Crippen molar-refractivity contribution in [2.45, 2.75) is 12.8 Å². The van der Waals surface area contributed by atoms with E-state index in [1.54, 1.807) is 12.4 Å². The molecule has 0 amide bonds. The summed E-state index contributed by atoms with van der Waals surface area (Å²) in [4.78, 5) is 15.3. The zero-order valence-electron chi connectivity index (χ0n) is 13.3. The average Bonchev–Trinajstić information content (AvgIpc) is 3.07. The predicted molar refractivity (Wildman–Crippen MR) is 90.6 cm³/mol. The van der Waals surface area contributed by atoms with Crippen LogP contribution in [0.25, 0.3) is 16.9 Å². The molecule has 1 saturated heterocycles. The molecule has 6 nitrogen and oxygen atoms in total. The van der Waals surface area contributed by atoms with E-state index < -0.39 is 0 Å². The van der Waals surface area contributed by atoms with Crippen LogP contribution in [-0.4, -0.2) is 39.2 Å². The summed E-state index contributed by atoms with van der Waals surface area (Å²) in [5, 5.41) is 0.981. The number of anilines is 1. The third-order valence-electron chi connectivity index (χ3n) is 4.67. The maximum absolute atomic E-state index is 13.1. The molecule has 1 aliphatic heterocycles. The van der Waals surface area contributed by atoms with Crippen LogP contribution in [0.2, 0.25) is 0 Å². The number of piperidine rings is 1. The van der Waals surface area contributed by atoms with E-state index in [2.05, 4.69) is 19.9 Å². The molecular formula is C17H19FN6. The van der Waals surface area contributed by atoms with Crippen LogP contribution in [0, 0.1) is 11.7 Å². The number of rotatable bonds is 3. The second kappa shape index (κ2) is 6.16. The minimum atomic E-state index is -0.353. The summed E-state index contributed by atoms with van der Waals surface area (Å²) < 4.78 is 15.0. The summed E-state index contributed by atoms with van der Waals surface area (Å²) in [6, 6.07) is 5.03. The van der Waals surface area contributed by atoms with Gasteiger partial charge in [-0.25, -0.2) is 19.3 Å². The van der Waals surface area contributed by atoms with Crippen molar-refractivity contribution in [3.8, 4) is 5.82 Å². The highest BCUT2D eigenvalue weighted by Crippen LogP contribution is 2.28. The van der Waals surface area contributed by atoms with Gasteiger partial charge in [-0.1, -0.05) is 0 Å². The fraction of sp³-hybridized carbons (Fsp3) is 0.353. The molecule has 1 aliphatic rings. The molecule has 0 saturated carbocycles. The van der Waals surface area contributed by atoms with E-state index in [9.17, 15) is 4.39 Å². The van der Waals surface area contributed by atoms with Crippen LogP contribution < -0.4 is 10.6 Å². The molecule has 7 heteroatoms. The number of fused-ring (bicyclic) bond motifs is 1. The first-order chi connectivity index (χ1) is 11.8. The molecule has 0 aromatic carbocycles. The van der Waals surface area contributed by atoms with Gasteiger partial charge in [-0.05, 0) is 43.5 Å². The van der Waals surface area contributed by atoms with E-state index in [0.717, 1.165) is 49.3 Å². The number of halogens is 1. The Hall–Kier alpha value is -2.54. The van der Waals surface area contributed by atoms with E-state index in [1.165, 1.54) is 12.3 Å². The largest absolute Gasteiger partial charge is 0.356 e. The predicted octanol–water partition coefficient (Wildman–Crippen LogP) is 2.13. The molecule has 124 valence electrons. The van der Waals surface area contributed by atoms with Crippen LogP contribution in [-0.2, 0) is 0 Å². The standard InChI is InChI=1S/C17H19FN6/c18-13-1-2-15(20-10-13)24-8-5-14-16(21-11-22-17(14)24)23-6-3-12(9-19)4-7-23/h1-2,5,8,10-12H,3-4,6-7,9,19H2. The highest BCUT2D eigenvalue weighted by molar-refractivity contribution is 5.88. The maximum Gasteiger partial charge on any atom is 0.151 e. The lowest BCUT2D eigenvalue weighted by Gasteiger charge is -2.32. The first kappa shape index (κ1) is 15.0. The van der Waals surface area contributed by atoms with E-state index in [-0.39, 0.29) is 5.82 Å². The van der Waals surface area contributed by atoms with Crippen LogP contribution in [0.4, 0.5) is 10.2 Å². The van der Waals surface area contributed by atoms with Crippen molar-refractivity contribution in [2.75, 3.05) is 24.5 Å². The molecule has 2 N–H and O–H groups in total. The zero-order valence-corrected chi connectivity index (χ0v) is 13.3. The number of hydrogen-bond acceptors (Lipinski definition) is 5. The molecule has 0 radical (unpaired) electrons. The number of aromatic nitrogens is 4. The fourth-order valence-corrected chi connectivity index (χ4v) is 3.27. The van der Waals surface area contributed by atoms with Crippen molar-refractivity contribution < 1.29 is 4.39 Å². The maximum atomic E-state index is 13.1. The van der Waals surface area contributed by atoms with Crippen molar-refractivity contribution >= 4 is 16.9 Å². The molecule has 0 aliphatic carbocycles. The van der Waals surface area contributed by atoms with E-state index >= 15 is 0 Å². The highest BCUT2D eigenvalue weighted by atomic mass is 19.1. The Balaban J connectivity index is 1.70. The van der Waals surface area contributed by atoms with Crippen molar-refractivity contribution in [2.24, 2.45) is 11.7 Å². The topological polar surface area (TPSA) is 72.9 Å². The third kappa shape index (κ3) is 2.60.